The average Bonchev–Trinajstić information content (AvgIpc) is 2.49. The fraction of sp³-hybridized carbons (Fsp3) is 0.625. The summed E-state index contributed by atoms with van der Waals surface area (Å²) in [5, 5.41) is 3.57. The number of likely N-dealkylation sites (N-methyl/N-ethyl adjacent to an activating group) is 2. The summed E-state index contributed by atoms with van der Waals surface area (Å²) in [4.78, 5) is 2.32. The zero-order valence-corrected chi connectivity index (χ0v) is 13.3. The molecule has 0 aliphatic rings. The Morgan fingerprint density at radius 3 is 2.35 bits per heavy atom. The first-order valence-electron chi connectivity index (χ1n) is 7.20. The molecule has 0 saturated carbocycles. The van der Waals surface area contributed by atoms with Gasteiger partial charge in [-0.3, -0.25) is 4.90 Å². The van der Waals surface area contributed by atoms with Crippen LogP contribution in [0.1, 0.15) is 25.5 Å². The molecule has 1 N–H and O–H groups in total. The van der Waals surface area contributed by atoms with Crippen LogP contribution in [0.4, 0.5) is 0 Å². The van der Waals surface area contributed by atoms with Crippen molar-refractivity contribution in [3.05, 3.63) is 29.8 Å². The highest BCUT2D eigenvalue weighted by Crippen LogP contribution is 2.22. The predicted molar refractivity (Wildman–Crippen MR) is 83.4 cm³/mol. The van der Waals surface area contributed by atoms with Crippen molar-refractivity contribution in [3.63, 3.8) is 0 Å². The highest BCUT2D eigenvalue weighted by atomic mass is 16.5. The number of rotatable bonds is 9. The standard InChI is InChI=1S/C16H28N2O2/c1-6-17-16(13(2)18(3)11-12-19-4)14-7-9-15(20-5)10-8-14/h7-10,13,16-17H,6,11-12H2,1-5H3. The van der Waals surface area contributed by atoms with Gasteiger partial charge in [-0.15, -0.1) is 0 Å². The van der Waals surface area contributed by atoms with E-state index in [1.807, 2.05) is 12.1 Å². The van der Waals surface area contributed by atoms with Crippen molar-refractivity contribution in [2.45, 2.75) is 25.9 Å². The number of nitrogens with zero attached hydrogens (tertiary/aromatic N) is 1. The van der Waals surface area contributed by atoms with Gasteiger partial charge in [0.2, 0.25) is 0 Å². The molecule has 4 heteroatoms. The molecule has 0 bridgehead atoms. The molecule has 0 heterocycles. The molecule has 2 unspecified atom stereocenters. The van der Waals surface area contributed by atoms with Crippen molar-refractivity contribution in [1.29, 1.82) is 0 Å². The lowest BCUT2D eigenvalue weighted by Crippen LogP contribution is -2.42. The number of benzene rings is 1. The van der Waals surface area contributed by atoms with Gasteiger partial charge in [0.15, 0.2) is 0 Å². The molecule has 0 aliphatic carbocycles. The monoisotopic (exact) mass is 280 g/mol. The third kappa shape index (κ3) is 4.78. The molecule has 1 rings (SSSR count). The number of hydrogen-bond donors (Lipinski definition) is 1. The van der Waals surface area contributed by atoms with Crippen molar-refractivity contribution >= 4 is 0 Å². The largest absolute Gasteiger partial charge is 0.497 e. The number of ether oxygens (including phenoxy) is 2. The minimum absolute atomic E-state index is 0.299. The van der Waals surface area contributed by atoms with Gasteiger partial charge in [0.1, 0.15) is 5.75 Å². The highest BCUT2D eigenvalue weighted by molar-refractivity contribution is 5.29. The fourth-order valence-corrected chi connectivity index (χ4v) is 2.29. The fourth-order valence-electron chi connectivity index (χ4n) is 2.29. The molecule has 0 radical (unpaired) electrons. The van der Waals surface area contributed by atoms with Crippen LogP contribution in [0.2, 0.25) is 0 Å². The van der Waals surface area contributed by atoms with Crippen LogP contribution in [0.3, 0.4) is 0 Å². The smallest absolute Gasteiger partial charge is 0.118 e. The second-order valence-corrected chi connectivity index (χ2v) is 5.02. The summed E-state index contributed by atoms with van der Waals surface area (Å²) in [6, 6.07) is 8.98. The normalized spacial score (nSPS) is 14.3. The maximum absolute atomic E-state index is 5.22. The maximum atomic E-state index is 5.22. The van der Waals surface area contributed by atoms with E-state index in [1.165, 1.54) is 5.56 Å². The summed E-state index contributed by atoms with van der Waals surface area (Å²) in [5.41, 5.74) is 1.28. The summed E-state index contributed by atoms with van der Waals surface area (Å²) >= 11 is 0. The van der Waals surface area contributed by atoms with Crippen LogP contribution < -0.4 is 10.1 Å². The van der Waals surface area contributed by atoms with E-state index in [0.717, 1.165) is 25.4 Å². The second kappa shape index (κ2) is 8.95. The predicted octanol–water partition coefficient (Wildman–Crippen LogP) is 2.31. The van der Waals surface area contributed by atoms with E-state index in [4.69, 9.17) is 9.47 Å². The third-order valence-corrected chi connectivity index (χ3v) is 3.72. The van der Waals surface area contributed by atoms with E-state index in [0.29, 0.717) is 12.1 Å². The molecule has 4 nitrogen and oxygen atoms in total. The summed E-state index contributed by atoms with van der Waals surface area (Å²) in [6.45, 7) is 7.00. The molecular weight excluding hydrogens is 252 g/mol. The molecule has 114 valence electrons. The van der Waals surface area contributed by atoms with E-state index >= 15 is 0 Å². The molecule has 0 fully saturated rings. The Balaban J connectivity index is 2.80. The van der Waals surface area contributed by atoms with Crippen molar-refractivity contribution in [3.8, 4) is 5.75 Å². The van der Waals surface area contributed by atoms with Crippen LogP contribution in [0.25, 0.3) is 0 Å². The SMILES string of the molecule is CCNC(c1ccc(OC)cc1)C(C)N(C)CCOC. The van der Waals surface area contributed by atoms with Crippen LogP contribution in [0.15, 0.2) is 24.3 Å². The third-order valence-electron chi connectivity index (χ3n) is 3.72. The Morgan fingerprint density at radius 1 is 1.20 bits per heavy atom. The Kier molecular flexibility index (Phi) is 7.59. The Bertz CT molecular complexity index is 367. The first kappa shape index (κ1) is 17.0. The van der Waals surface area contributed by atoms with E-state index in [-0.39, 0.29) is 0 Å². The molecule has 1 aromatic carbocycles. The molecular formula is C16H28N2O2. The topological polar surface area (TPSA) is 33.7 Å². The Hall–Kier alpha value is -1.10. The molecule has 20 heavy (non-hydrogen) atoms. The first-order valence-corrected chi connectivity index (χ1v) is 7.20. The van der Waals surface area contributed by atoms with Gasteiger partial charge in [-0.1, -0.05) is 19.1 Å². The highest BCUT2D eigenvalue weighted by Gasteiger charge is 2.21. The van der Waals surface area contributed by atoms with Crippen molar-refractivity contribution in [2.24, 2.45) is 0 Å². The van der Waals surface area contributed by atoms with E-state index < -0.39 is 0 Å². The molecule has 0 spiro atoms. The lowest BCUT2D eigenvalue weighted by molar-refractivity contribution is 0.129. The lowest BCUT2D eigenvalue weighted by Gasteiger charge is -2.32. The van der Waals surface area contributed by atoms with Gasteiger partial charge in [-0.05, 0) is 38.2 Å². The van der Waals surface area contributed by atoms with Crippen LogP contribution in [-0.4, -0.2) is 51.9 Å². The van der Waals surface area contributed by atoms with Crippen molar-refractivity contribution < 1.29 is 9.47 Å². The summed E-state index contributed by atoms with van der Waals surface area (Å²) in [5.74, 6) is 0.893. The summed E-state index contributed by atoms with van der Waals surface area (Å²) in [6.07, 6.45) is 0. The lowest BCUT2D eigenvalue weighted by atomic mass is 9.99. The van der Waals surface area contributed by atoms with Crippen LogP contribution >= 0.6 is 0 Å². The van der Waals surface area contributed by atoms with Crippen LogP contribution in [0.5, 0.6) is 5.75 Å². The molecule has 1 aromatic rings. The van der Waals surface area contributed by atoms with E-state index in [1.54, 1.807) is 14.2 Å². The van der Waals surface area contributed by atoms with Crippen LogP contribution in [0, 0.1) is 0 Å². The van der Waals surface area contributed by atoms with E-state index in [2.05, 4.69) is 43.2 Å². The molecule has 0 aliphatic heterocycles. The van der Waals surface area contributed by atoms with Gasteiger partial charge < -0.3 is 14.8 Å². The number of methoxy groups -OCH3 is 2. The molecule has 0 aromatic heterocycles. The van der Waals surface area contributed by atoms with Gasteiger partial charge in [0, 0.05) is 25.7 Å². The maximum Gasteiger partial charge on any atom is 0.118 e. The molecule has 2 atom stereocenters. The summed E-state index contributed by atoms with van der Waals surface area (Å²) in [7, 11) is 5.57. The average molecular weight is 280 g/mol. The zero-order valence-electron chi connectivity index (χ0n) is 13.3. The van der Waals surface area contributed by atoms with Crippen molar-refractivity contribution in [1.82, 2.24) is 10.2 Å². The summed E-state index contributed by atoms with van der Waals surface area (Å²) < 4.78 is 10.4. The zero-order chi connectivity index (χ0) is 15.0. The molecule has 0 saturated heterocycles. The van der Waals surface area contributed by atoms with Crippen LogP contribution in [-0.2, 0) is 4.74 Å². The second-order valence-electron chi connectivity index (χ2n) is 5.02. The van der Waals surface area contributed by atoms with E-state index in [9.17, 15) is 0 Å². The minimum Gasteiger partial charge on any atom is -0.497 e. The first-order chi connectivity index (χ1) is 9.63. The number of nitrogens with one attached hydrogen (secondary N) is 1. The Labute approximate surface area is 123 Å². The van der Waals surface area contributed by atoms with Gasteiger partial charge in [-0.2, -0.15) is 0 Å². The number of hydrogen-bond acceptors (Lipinski definition) is 4. The Morgan fingerprint density at radius 2 is 1.85 bits per heavy atom. The van der Waals surface area contributed by atoms with Gasteiger partial charge in [0.25, 0.3) is 0 Å². The van der Waals surface area contributed by atoms with Gasteiger partial charge in [0.05, 0.1) is 13.7 Å². The van der Waals surface area contributed by atoms with Gasteiger partial charge in [-0.25, -0.2) is 0 Å². The molecule has 0 amide bonds. The quantitative estimate of drug-likeness (QED) is 0.752. The van der Waals surface area contributed by atoms with Crippen molar-refractivity contribution in [2.75, 3.05) is 41.0 Å². The minimum atomic E-state index is 0.299. The van der Waals surface area contributed by atoms with Gasteiger partial charge >= 0.3 is 0 Å².